The van der Waals surface area contributed by atoms with Crippen LogP contribution >= 0.6 is 11.3 Å². The summed E-state index contributed by atoms with van der Waals surface area (Å²) in [5.74, 6) is 0.824. The SMILES string of the molecule is Cc1cn2c(-c3cncc(N[C@H]4CCCN[C@H]4C)n3)cnc2s1. The van der Waals surface area contributed by atoms with E-state index in [1.807, 2.05) is 6.20 Å². The average molecular weight is 328 g/mol. The fourth-order valence-corrected chi connectivity index (χ4v) is 3.88. The van der Waals surface area contributed by atoms with Gasteiger partial charge in [-0.2, -0.15) is 0 Å². The molecule has 1 saturated heterocycles. The van der Waals surface area contributed by atoms with Crippen molar-refractivity contribution in [1.29, 1.82) is 0 Å². The summed E-state index contributed by atoms with van der Waals surface area (Å²) in [7, 11) is 0. The Morgan fingerprint density at radius 2 is 2.26 bits per heavy atom. The highest BCUT2D eigenvalue weighted by Gasteiger charge is 2.21. The summed E-state index contributed by atoms with van der Waals surface area (Å²) in [4.78, 5) is 15.8. The Balaban J connectivity index is 1.63. The second kappa shape index (κ2) is 5.90. The second-order valence-electron chi connectivity index (χ2n) is 6.06. The summed E-state index contributed by atoms with van der Waals surface area (Å²) in [6.45, 7) is 5.39. The Morgan fingerprint density at radius 3 is 3.13 bits per heavy atom. The zero-order chi connectivity index (χ0) is 15.8. The van der Waals surface area contributed by atoms with E-state index >= 15 is 0 Å². The third-order valence-corrected chi connectivity index (χ3v) is 5.23. The van der Waals surface area contributed by atoms with Gasteiger partial charge in [0.05, 0.1) is 24.3 Å². The van der Waals surface area contributed by atoms with E-state index in [9.17, 15) is 0 Å². The van der Waals surface area contributed by atoms with Crippen molar-refractivity contribution in [2.45, 2.75) is 38.8 Å². The van der Waals surface area contributed by atoms with Crippen molar-refractivity contribution in [2.75, 3.05) is 11.9 Å². The number of thiazole rings is 1. The minimum atomic E-state index is 0.391. The normalized spacial score (nSPS) is 21.7. The molecule has 0 unspecified atom stereocenters. The van der Waals surface area contributed by atoms with Crippen molar-refractivity contribution in [3.63, 3.8) is 0 Å². The van der Waals surface area contributed by atoms with Crippen LogP contribution in [0.3, 0.4) is 0 Å². The summed E-state index contributed by atoms with van der Waals surface area (Å²) in [6.07, 6.45) is 9.89. The van der Waals surface area contributed by atoms with Crippen LogP contribution in [0.2, 0.25) is 0 Å². The van der Waals surface area contributed by atoms with Crippen LogP contribution < -0.4 is 10.6 Å². The topological polar surface area (TPSA) is 67.1 Å². The van der Waals surface area contributed by atoms with Crippen LogP contribution in [0.4, 0.5) is 5.82 Å². The largest absolute Gasteiger partial charge is 0.364 e. The quantitative estimate of drug-likeness (QED) is 0.774. The highest BCUT2D eigenvalue weighted by Crippen LogP contribution is 2.25. The van der Waals surface area contributed by atoms with E-state index < -0.39 is 0 Å². The number of fused-ring (bicyclic) bond motifs is 1. The molecule has 0 bridgehead atoms. The first kappa shape index (κ1) is 14.6. The number of imidazole rings is 1. The summed E-state index contributed by atoms with van der Waals surface area (Å²) >= 11 is 1.68. The van der Waals surface area contributed by atoms with Gasteiger partial charge >= 0.3 is 0 Å². The minimum Gasteiger partial charge on any atom is -0.364 e. The lowest BCUT2D eigenvalue weighted by Crippen LogP contribution is -2.46. The van der Waals surface area contributed by atoms with E-state index in [4.69, 9.17) is 4.98 Å². The van der Waals surface area contributed by atoms with E-state index in [1.54, 1.807) is 23.7 Å². The number of anilines is 1. The maximum atomic E-state index is 4.75. The molecule has 0 radical (unpaired) electrons. The van der Waals surface area contributed by atoms with Crippen LogP contribution in [0.1, 0.15) is 24.6 Å². The monoisotopic (exact) mass is 328 g/mol. The van der Waals surface area contributed by atoms with Crippen molar-refractivity contribution in [2.24, 2.45) is 0 Å². The highest BCUT2D eigenvalue weighted by atomic mass is 32.1. The predicted molar refractivity (Wildman–Crippen MR) is 92.9 cm³/mol. The summed E-state index contributed by atoms with van der Waals surface area (Å²) < 4.78 is 2.08. The summed E-state index contributed by atoms with van der Waals surface area (Å²) in [5.41, 5.74) is 1.83. The van der Waals surface area contributed by atoms with E-state index in [2.05, 4.69) is 45.0 Å². The Morgan fingerprint density at radius 1 is 1.35 bits per heavy atom. The fourth-order valence-electron chi connectivity index (χ4n) is 3.08. The molecule has 0 aromatic carbocycles. The zero-order valence-corrected chi connectivity index (χ0v) is 14.1. The Bertz CT molecular complexity index is 823. The first-order chi connectivity index (χ1) is 11.2. The second-order valence-corrected chi connectivity index (χ2v) is 7.28. The van der Waals surface area contributed by atoms with E-state index in [0.29, 0.717) is 12.1 Å². The maximum absolute atomic E-state index is 4.75. The summed E-state index contributed by atoms with van der Waals surface area (Å²) in [6, 6.07) is 0.831. The molecule has 120 valence electrons. The number of hydrogen-bond acceptors (Lipinski definition) is 6. The average Bonchev–Trinajstić information content (AvgIpc) is 3.09. The van der Waals surface area contributed by atoms with Crippen LogP contribution in [-0.4, -0.2) is 38.0 Å². The molecule has 6 nitrogen and oxygen atoms in total. The fraction of sp³-hybridized carbons (Fsp3) is 0.438. The van der Waals surface area contributed by atoms with Gasteiger partial charge in [-0.05, 0) is 33.2 Å². The number of nitrogens with zero attached hydrogens (tertiary/aromatic N) is 4. The molecule has 2 atom stereocenters. The van der Waals surface area contributed by atoms with Gasteiger partial charge in [-0.25, -0.2) is 9.97 Å². The molecule has 4 heterocycles. The molecule has 1 aliphatic heterocycles. The van der Waals surface area contributed by atoms with Gasteiger partial charge in [0.2, 0.25) is 0 Å². The van der Waals surface area contributed by atoms with Crippen LogP contribution in [0.5, 0.6) is 0 Å². The lowest BCUT2D eigenvalue weighted by Gasteiger charge is -2.30. The van der Waals surface area contributed by atoms with Crippen LogP contribution in [0, 0.1) is 6.92 Å². The molecule has 0 saturated carbocycles. The number of piperidine rings is 1. The van der Waals surface area contributed by atoms with Gasteiger partial charge in [0.25, 0.3) is 0 Å². The molecular formula is C16H20N6S. The Labute approximate surface area is 139 Å². The van der Waals surface area contributed by atoms with Crippen molar-refractivity contribution >= 4 is 22.1 Å². The number of hydrogen-bond donors (Lipinski definition) is 2. The molecule has 0 aliphatic carbocycles. The molecule has 1 aliphatic rings. The van der Waals surface area contributed by atoms with Crippen molar-refractivity contribution in [3.05, 3.63) is 29.7 Å². The van der Waals surface area contributed by atoms with Gasteiger partial charge < -0.3 is 10.6 Å². The van der Waals surface area contributed by atoms with Crippen molar-refractivity contribution in [3.8, 4) is 11.4 Å². The van der Waals surface area contributed by atoms with Gasteiger partial charge in [0.15, 0.2) is 4.96 Å². The molecule has 23 heavy (non-hydrogen) atoms. The lowest BCUT2D eigenvalue weighted by molar-refractivity contribution is 0.388. The number of aryl methyl sites for hydroxylation is 1. The molecule has 4 rings (SSSR count). The molecular weight excluding hydrogens is 308 g/mol. The van der Waals surface area contributed by atoms with Gasteiger partial charge in [0, 0.05) is 23.2 Å². The smallest absolute Gasteiger partial charge is 0.194 e. The highest BCUT2D eigenvalue weighted by molar-refractivity contribution is 7.17. The molecule has 7 heteroatoms. The van der Waals surface area contributed by atoms with Gasteiger partial charge in [0.1, 0.15) is 11.5 Å². The van der Waals surface area contributed by atoms with Gasteiger partial charge in [-0.1, -0.05) is 0 Å². The molecule has 2 N–H and O–H groups in total. The third-order valence-electron chi connectivity index (χ3n) is 4.32. The molecule has 0 amide bonds. The standard InChI is InChI=1S/C16H20N6S/c1-10-9-22-14(7-19-16(22)23-10)13-6-17-8-15(21-13)20-12-4-3-5-18-11(12)2/h6-9,11-12,18H,3-5H2,1-2H3,(H,20,21)/t11-,12-/m0/s1. The zero-order valence-electron chi connectivity index (χ0n) is 13.3. The molecule has 3 aromatic heterocycles. The third kappa shape index (κ3) is 2.82. The lowest BCUT2D eigenvalue weighted by atomic mass is 10.00. The van der Waals surface area contributed by atoms with Crippen LogP contribution in [-0.2, 0) is 0 Å². The first-order valence-corrected chi connectivity index (χ1v) is 8.78. The maximum Gasteiger partial charge on any atom is 0.194 e. The number of rotatable bonds is 3. The predicted octanol–water partition coefficient (Wildman–Crippen LogP) is 2.71. The molecule has 3 aromatic rings. The number of aromatic nitrogens is 4. The van der Waals surface area contributed by atoms with Crippen LogP contribution in [0.25, 0.3) is 16.3 Å². The van der Waals surface area contributed by atoms with Crippen molar-refractivity contribution < 1.29 is 0 Å². The first-order valence-electron chi connectivity index (χ1n) is 7.96. The molecule has 1 fully saturated rings. The van der Waals surface area contributed by atoms with E-state index in [1.165, 1.54) is 11.3 Å². The van der Waals surface area contributed by atoms with Crippen LogP contribution in [0.15, 0.2) is 24.8 Å². The number of nitrogens with one attached hydrogen (secondary N) is 2. The van der Waals surface area contributed by atoms with E-state index in [-0.39, 0.29) is 0 Å². The summed E-state index contributed by atoms with van der Waals surface area (Å²) in [5, 5.41) is 7.02. The molecule has 0 spiro atoms. The Hall–Kier alpha value is -1.99. The Kier molecular flexibility index (Phi) is 3.74. The van der Waals surface area contributed by atoms with Crippen molar-refractivity contribution in [1.82, 2.24) is 24.7 Å². The minimum absolute atomic E-state index is 0.391. The van der Waals surface area contributed by atoms with Gasteiger partial charge in [-0.3, -0.25) is 9.38 Å². The van der Waals surface area contributed by atoms with E-state index in [0.717, 1.165) is 35.1 Å². The van der Waals surface area contributed by atoms with Gasteiger partial charge in [-0.15, -0.1) is 11.3 Å².